The van der Waals surface area contributed by atoms with Gasteiger partial charge in [0.15, 0.2) is 0 Å². The third-order valence-electron chi connectivity index (χ3n) is 4.27. The second-order valence-corrected chi connectivity index (χ2v) is 6.70. The number of hydrogen-bond acceptors (Lipinski definition) is 3. The Labute approximate surface area is 153 Å². The maximum atomic E-state index is 12.7. The van der Waals surface area contributed by atoms with Gasteiger partial charge in [0, 0.05) is 10.9 Å². The highest BCUT2D eigenvalue weighted by molar-refractivity contribution is 7.17. The van der Waals surface area contributed by atoms with E-state index in [-0.39, 0.29) is 12.1 Å². The van der Waals surface area contributed by atoms with Crippen molar-refractivity contribution in [3.8, 4) is 34.6 Å². The molecule has 0 aliphatic heterocycles. The summed E-state index contributed by atoms with van der Waals surface area (Å²) in [5.41, 5.74) is 3.13. The number of fused-ring (bicyclic) bond motifs is 1. The van der Waals surface area contributed by atoms with Crippen LogP contribution in [-0.2, 0) is 6.54 Å². The van der Waals surface area contributed by atoms with E-state index >= 15 is 0 Å². The lowest BCUT2D eigenvalue weighted by Crippen LogP contribution is -2.34. The van der Waals surface area contributed by atoms with Gasteiger partial charge in [-0.3, -0.25) is 9.78 Å². The zero-order chi connectivity index (χ0) is 18.1. The number of nitrogens with zero attached hydrogens (tertiary/aromatic N) is 1. The van der Waals surface area contributed by atoms with Crippen molar-refractivity contribution >= 4 is 21.6 Å². The van der Waals surface area contributed by atoms with Gasteiger partial charge in [-0.25, -0.2) is 9.36 Å². The smallest absolute Gasteiger partial charge is 0.298 e. The van der Waals surface area contributed by atoms with Crippen LogP contribution in [0.5, 0.6) is 0 Å². The van der Waals surface area contributed by atoms with Gasteiger partial charge in [0.05, 0.1) is 11.9 Å². The molecule has 2 aromatic carbocycles. The summed E-state index contributed by atoms with van der Waals surface area (Å²) in [6.45, 7) is -0.0493. The summed E-state index contributed by atoms with van der Waals surface area (Å²) >= 11 is 1.34. The van der Waals surface area contributed by atoms with Gasteiger partial charge in [0.2, 0.25) is 0 Å². The molecule has 0 amide bonds. The standard InChI is InChI=1S/C21H14N2O2S/c1-2-12-23-20(24)18-17(13-26-19(18)22-21(23)25)16-10-8-15(9-11-16)14-6-4-3-5-7-14/h1,3-11,13H,12H2,(H,22,25). The van der Waals surface area contributed by atoms with Gasteiger partial charge in [-0.05, 0) is 16.7 Å². The summed E-state index contributed by atoms with van der Waals surface area (Å²) in [5.74, 6) is 2.35. The molecule has 0 unspecified atom stereocenters. The number of thiophene rings is 1. The van der Waals surface area contributed by atoms with Crippen LogP contribution in [0.4, 0.5) is 0 Å². The van der Waals surface area contributed by atoms with Gasteiger partial charge in [-0.1, -0.05) is 60.5 Å². The second-order valence-electron chi connectivity index (χ2n) is 5.82. The molecular weight excluding hydrogens is 344 g/mol. The Bertz CT molecular complexity index is 1240. The van der Waals surface area contributed by atoms with E-state index in [9.17, 15) is 9.59 Å². The number of aromatic amines is 1. The van der Waals surface area contributed by atoms with E-state index in [0.717, 1.165) is 26.8 Å². The van der Waals surface area contributed by atoms with Crippen LogP contribution in [0.3, 0.4) is 0 Å². The Balaban J connectivity index is 1.85. The lowest BCUT2D eigenvalue weighted by atomic mass is 10.0. The SMILES string of the molecule is C#CCn1c(=O)[nH]c2scc(-c3ccc(-c4ccccc4)cc3)c2c1=O. The van der Waals surface area contributed by atoms with Crippen LogP contribution < -0.4 is 11.2 Å². The van der Waals surface area contributed by atoms with E-state index in [4.69, 9.17) is 6.42 Å². The van der Waals surface area contributed by atoms with Crippen LogP contribution in [0.15, 0.2) is 69.6 Å². The lowest BCUT2D eigenvalue weighted by Gasteiger charge is -2.05. The van der Waals surface area contributed by atoms with Crippen molar-refractivity contribution in [2.24, 2.45) is 0 Å². The summed E-state index contributed by atoms with van der Waals surface area (Å²) in [5, 5.41) is 2.39. The predicted octanol–water partition coefficient (Wildman–Crippen LogP) is 3.72. The zero-order valence-corrected chi connectivity index (χ0v) is 14.5. The molecule has 2 aromatic heterocycles. The van der Waals surface area contributed by atoms with Crippen LogP contribution in [0.25, 0.3) is 32.5 Å². The Morgan fingerprint density at radius 1 is 0.962 bits per heavy atom. The molecule has 4 nitrogen and oxygen atoms in total. The van der Waals surface area contributed by atoms with E-state index in [1.54, 1.807) is 0 Å². The van der Waals surface area contributed by atoms with Crippen LogP contribution >= 0.6 is 11.3 Å². The molecule has 1 N–H and O–H groups in total. The summed E-state index contributed by atoms with van der Waals surface area (Å²) < 4.78 is 1.05. The van der Waals surface area contributed by atoms with Crippen LogP contribution in [-0.4, -0.2) is 9.55 Å². The van der Waals surface area contributed by atoms with Crippen molar-refractivity contribution in [2.75, 3.05) is 0 Å². The molecule has 26 heavy (non-hydrogen) atoms. The highest BCUT2D eigenvalue weighted by Crippen LogP contribution is 2.31. The molecule has 2 heterocycles. The average Bonchev–Trinajstić information content (AvgIpc) is 3.10. The number of nitrogens with one attached hydrogen (secondary N) is 1. The molecule has 0 aliphatic carbocycles. The summed E-state index contributed by atoms with van der Waals surface area (Å²) in [4.78, 5) is 28.1. The first-order valence-electron chi connectivity index (χ1n) is 8.02. The number of benzene rings is 2. The van der Waals surface area contributed by atoms with E-state index in [1.807, 2.05) is 47.8 Å². The van der Waals surface area contributed by atoms with E-state index in [0.29, 0.717) is 10.2 Å². The first-order valence-corrected chi connectivity index (χ1v) is 8.90. The number of rotatable bonds is 3. The quantitative estimate of drug-likeness (QED) is 0.568. The molecule has 0 fully saturated rings. The third kappa shape index (κ3) is 2.67. The predicted molar refractivity (Wildman–Crippen MR) is 106 cm³/mol. The highest BCUT2D eigenvalue weighted by atomic mass is 32.1. The Kier molecular flexibility index (Phi) is 4.04. The molecule has 0 saturated carbocycles. The number of aromatic nitrogens is 2. The minimum atomic E-state index is -0.478. The zero-order valence-electron chi connectivity index (χ0n) is 13.7. The molecule has 126 valence electrons. The normalized spacial score (nSPS) is 10.7. The molecule has 0 aliphatic rings. The summed E-state index contributed by atoms with van der Waals surface area (Å²) in [7, 11) is 0. The van der Waals surface area contributed by atoms with Crippen molar-refractivity contribution in [3.63, 3.8) is 0 Å². The Hall–Kier alpha value is -3.36. The van der Waals surface area contributed by atoms with Gasteiger partial charge in [-0.2, -0.15) is 0 Å². The summed E-state index contributed by atoms with van der Waals surface area (Å²) in [6, 6.07) is 18.1. The van der Waals surface area contributed by atoms with E-state index in [1.165, 1.54) is 11.3 Å². The van der Waals surface area contributed by atoms with Crippen molar-refractivity contribution < 1.29 is 0 Å². The molecule has 0 saturated heterocycles. The Morgan fingerprint density at radius 3 is 2.31 bits per heavy atom. The molecule has 4 aromatic rings. The summed E-state index contributed by atoms with van der Waals surface area (Å²) in [6.07, 6.45) is 5.28. The molecule has 0 atom stereocenters. The minimum absolute atomic E-state index is 0.0493. The molecule has 5 heteroatoms. The molecule has 0 spiro atoms. The largest absolute Gasteiger partial charge is 0.330 e. The van der Waals surface area contributed by atoms with E-state index in [2.05, 4.69) is 23.0 Å². The van der Waals surface area contributed by atoms with Crippen LogP contribution in [0.1, 0.15) is 0 Å². The van der Waals surface area contributed by atoms with Gasteiger partial charge in [0.1, 0.15) is 4.83 Å². The van der Waals surface area contributed by atoms with Crippen molar-refractivity contribution in [2.45, 2.75) is 6.54 Å². The van der Waals surface area contributed by atoms with Crippen molar-refractivity contribution in [1.29, 1.82) is 0 Å². The maximum Gasteiger partial charge on any atom is 0.330 e. The van der Waals surface area contributed by atoms with E-state index < -0.39 is 5.69 Å². The van der Waals surface area contributed by atoms with Gasteiger partial charge in [0.25, 0.3) is 5.56 Å². The van der Waals surface area contributed by atoms with Gasteiger partial charge < -0.3 is 0 Å². The fourth-order valence-corrected chi connectivity index (χ4v) is 3.93. The van der Waals surface area contributed by atoms with Crippen LogP contribution in [0.2, 0.25) is 0 Å². The monoisotopic (exact) mass is 358 g/mol. The Morgan fingerprint density at radius 2 is 1.62 bits per heavy atom. The highest BCUT2D eigenvalue weighted by Gasteiger charge is 2.14. The van der Waals surface area contributed by atoms with Gasteiger partial charge in [-0.15, -0.1) is 17.8 Å². The molecule has 0 bridgehead atoms. The first kappa shape index (κ1) is 16.1. The minimum Gasteiger partial charge on any atom is -0.298 e. The first-order chi connectivity index (χ1) is 12.7. The average molecular weight is 358 g/mol. The fraction of sp³-hybridized carbons (Fsp3) is 0.0476. The van der Waals surface area contributed by atoms with Crippen molar-refractivity contribution in [3.05, 3.63) is 80.8 Å². The molecule has 4 rings (SSSR count). The molecular formula is C21H14N2O2S. The van der Waals surface area contributed by atoms with Crippen molar-refractivity contribution in [1.82, 2.24) is 9.55 Å². The fourth-order valence-electron chi connectivity index (χ4n) is 2.97. The molecule has 0 radical (unpaired) electrons. The number of hydrogen-bond donors (Lipinski definition) is 1. The maximum absolute atomic E-state index is 12.7. The third-order valence-corrected chi connectivity index (χ3v) is 5.16. The number of terminal acetylenes is 1. The topological polar surface area (TPSA) is 54.9 Å². The number of H-pyrrole nitrogens is 1. The van der Waals surface area contributed by atoms with Crippen LogP contribution in [0, 0.1) is 12.3 Å². The lowest BCUT2D eigenvalue weighted by molar-refractivity contribution is 0.743. The van der Waals surface area contributed by atoms with Gasteiger partial charge >= 0.3 is 5.69 Å². The second kappa shape index (κ2) is 6.51.